The average molecular weight is 169 g/mol. The van der Waals surface area contributed by atoms with E-state index in [1.807, 2.05) is 0 Å². The quantitative estimate of drug-likeness (QED) is 0.722. The van der Waals surface area contributed by atoms with Gasteiger partial charge in [-0.2, -0.15) is 0 Å². The zero-order valence-electron chi connectivity index (χ0n) is 6.54. The van der Waals surface area contributed by atoms with Crippen LogP contribution in [0.5, 0.6) is 0 Å². The second kappa shape index (κ2) is 3.30. The SMILES string of the molecule is Cc1ccnc(CC(=O)O)c1F. The van der Waals surface area contributed by atoms with Crippen LogP contribution in [-0.2, 0) is 11.2 Å². The summed E-state index contributed by atoms with van der Waals surface area (Å²) in [6.45, 7) is 1.57. The van der Waals surface area contributed by atoms with Crippen molar-refractivity contribution < 1.29 is 14.3 Å². The molecule has 0 aliphatic heterocycles. The molecular weight excluding hydrogens is 161 g/mol. The van der Waals surface area contributed by atoms with Gasteiger partial charge in [0.15, 0.2) is 0 Å². The molecule has 1 aromatic heterocycles. The van der Waals surface area contributed by atoms with E-state index < -0.39 is 11.8 Å². The predicted octanol–water partition coefficient (Wildman–Crippen LogP) is 1.16. The van der Waals surface area contributed by atoms with Gasteiger partial charge in [-0.1, -0.05) is 0 Å². The predicted molar refractivity (Wildman–Crippen MR) is 40.3 cm³/mol. The first-order valence-corrected chi connectivity index (χ1v) is 3.43. The fourth-order valence-corrected chi connectivity index (χ4v) is 0.863. The summed E-state index contributed by atoms with van der Waals surface area (Å²) in [6.07, 6.45) is 1.03. The van der Waals surface area contributed by atoms with E-state index in [0.717, 1.165) is 0 Å². The smallest absolute Gasteiger partial charge is 0.309 e. The molecule has 0 aliphatic rings. The van der Waals surface area contributed by atoms with Crippen molar-refractivity contribution in [3.63, 3.8) is 0 Å². The molecule has 0 amide bonds. The largest absolute Gasteiger partial charge is 0.481 e. The molecule has 0 aliphatic carbocycles. The van der Waals surface area contributed by atoms with Gasteiger partial charge in [0.25, 0.3) is 0 Å². The molecule has 12 heavy (non-hydrogen) atoms. The number of carboxylic acids is 1. The monoisotopic (exact) mass is 169 g/mol. The highest BCUT2D eigenvalue weighted by atomic mass is 19.1. The van der Waals surface area contributed by atoms with Gasteiger partial charge in [0.1, 0.15) is 5.82 Å². The van der Waals surface area contributed by atoms with Crippen LogP contribution in [-0.4, -0.2) is 16.1 Å². The van der Waals surface area contributed by atoms with Crippen molar-refractivity contribution in [1.82, 2.24) is 4.98 Å². The van der Waals surface area contributed by atoms with E-state index in [9.17, 15) is 9.18 Å². The zero-order chi connectivity index (χ0) is 9.14. The summed E-state index contributed by atoms with van der Waals surface area (Å²) < 4.78 is 13.0. The van der Waals surface area contributed by atoms with Crippen LogP contribution in [0.4, 0.5) is 4.39 Å². The third-order valence-electron chi connectivity index (χ3n) is 1.47. The molecule has 0 saturated carbocycles. The summed E-state index contributed by atoms with van der Waals surface area (Å²) >= 11 is 0. The summed E-state index contributed by atoms with van der Waals surface area (Å²) in [4.78, 5) is 13.8. The standard InChI is InChI=1S/C8H8FNO2/c1-5-2-3-10-6(8(5)9)4-7(11)12/h2-3H,4H2,1H3,(H,11,12). The molecule has 1 rings (SSSR count). The number of aromatic nitrogens is 1. The fourth-order valence-electron chi connectivity index (χ4n) is 0.863. The van der Waals surface area contributed by atoms with Gasteiger partial charge in [-0.25, -0.2) is 4.39 Å². The molecular formula is C8H8FNO2. The number of hydrogen-bond acceptors (Lipinski definition) is 2. The summed E-state index contributed by atoms with van der Waals surface area (Å²) in [5.41, 5.74) is 0.406. The molecule has 0 saturated heterocycles. The van der Waals surface area contributed by atoms with Gasteiger partial charge in [0.05, 0.1) is 12.1 Å². The molecule has 1 aromatic rings. The van der Waals surface area contributed by atoms with Crippen molar-refractivity contribution in [2.45, 2.75) is 13.3 Å². The van der Waals surface area contributed by atoms with Crippen LogP contribution in [0.15, 0.2) is 12.3 Å². The number of pyridine rings is 1. The molecule has 0 aromatic carbocycles. The summed E-state index contributed by atoms with van der Waals surface area (Å²) in [5.74, 6) is -1.60. The maximum absolute atomic E-state index is 13.0. The van der Waals surface area contributed by atoms with Crippen LogP contribution in [0.3, 0.4) is 0 Å². The van der Waals surface area contributed by atoms with Gasteiger partial charge in [0.2, 0.25) is 0 Å². The third-order valence-corrected chi connectivity index (χ3v) is 1.47. The number of rotatable bonds is 2. The Labute approximate surface area is 68.9 Å². The number of hydrogen-bond donors (Lipinski definition) is 1. The number of aliphatic carboxylic acids is 1. The van der Waals surface area contributed by atoms with Crippen molar-refractivity contribution in [1.29, 1.82) is 0 Å². The second-order valence-corrected chi connectivity index (χ2v) is 2.46. The summed E-state index contributed by atoms with van der Waals surface area (Å²) in [5, 5.41) is 8.38. The second-order valence-electron chi connectivity index (χ2n) is 2.46. The molecule has 0 atom stereocenters. The van der Waals surface area contributed by atoms with E-state index in [0.29, 0.717) is 5.56 Å². The fraction of sp³-hybridized carbons (Fsp3) is 0.250. The van der Waals surface area contributed by atoms with Gasteiger partial charge in [-0.3, -0.25) is 9.78 Å². The minimum absolute atomic E-state index is 0.0116. The van der Waals surface area contributed by atoms with E-state index in [1.165, 1.54) is 12.3 Å². The van der Waals surface area contributed by atoms with Gasteiger partial charge in [-0.05, 0) is 18.6 Å². The van der Waals surface area contributed by atoms with E-state index in [4.69, 9.17) is 5.11 Å². The molecule has 1 heterocycles. The molecule has 3 nitrogen and oxygen atoms in total. The van der Waals surface area contributed by atoms with Crippen LogP contribution in [0.25, 0.3) is 0 Å². The molecule has 0 bridgehead atoms. The van der Waals surface area contributed by atoms with E-state index >= 15 is 0 Å². The highest BCUT2D eigenvalue weighted by molar-refractivity contribution is 5.69. The number of carbonyl (C=O) groups is 1. The first kappa shape index (κ1) is 8.64. The normalized spacial score (nSPS) is 9.83. The molecule has 4 heteroatoms. The first-order valence-electron chi connectivity index (χ1n) is 3.43. The van der Waals surface area contributed by atoms with Crippen molar-refractivity contribution in [2.24, 2.45) is 0 Å². The molecule has 1 N–H and O–H groups in total. The number of halogens is 1. The van der Waals surface area contributed by atoms with Crippen molar-refractivity contribution in [2.75, 3.05) is 0 Å². The highest BCUT2D eigenvalue weighted by Crippen LogP contribution is 2.08. The van der Waals surface area contributed by atoms with Gasteiger partial charge in [-0.15, -0.1) is 0 Å². The van der Waals surface area contributed by atoms with Gasteiger partial charge in [0, 0.05) is 6.20 Å². The Morgan fingerprint density at radius 2 is 2.42 bits per heavy atom. The highest BCUT2D eigenvalue weighted by Gasteiger charge is 2.09. The van der Waals surface area contributed by atoms with Crippen LogP contribution in [0, 0.1) is 12.7 Å². The Balaban J connectivity index is 3.00. The van der Waals surface area contributed by atoms with Crippen LogP contribution in [0.1, 0.15) is 11.3 Å². The Hall–Kier alpha value is -1.45. The van der Waals surface area contributed by atoms with E-state index in [2.05, 4.69) is 4.98 Å². The first-order chi connectivity index (χ1) is 5.61. The number of aryl methyl sites for hydroxylation is 1. The average Bonchev–Trinajstić information content (AvgIpc) is 1.98. The molecule has 0 unspecified atom stereocenters. The van der Waals surface area contributed by atoms with Crippen molar-refractivity contribution in [3.05, 3.63) is 29.3 Å². The minimum atomic E-state index is -1.08. The Kier molecular flexibility index (Phi) is 2.38. The van der Waals surface area contributed by atoms with Crippen LogP contribution in [0.2, 0.25) is 0 Å². The molecule has 64 valence electrons. The maximum atomic E-state index is 13.0. The molecule has 0 radical (unpaired) electrons. The van der Waals surface area contributed by atoms with E-state index in [1.54, 1.807) is 6.92 Å². The van der Waals surface area contributed by atoms with E-state index in [-0.39, 0.29) is 12.1 Å². The van der Waals surface area contributed by atoms with Gasteiger partial charge >= 0.3 is 5.97 Å². The lowest BCUT2D eigenvalue weighted by Gasteiger charge is -2.00. The van der Waals surface area contributed by atoms with Gasteiger partial charge < -0.3 is 5.11 Å². The van der Waals surface area contributed by atoms with Crippen LogP contribution < -0.4 is 0 Å². The molecule has 0 fully saturated rings. The molecule has 0 spiro atoms. The zero-order valence-corrected chi connectivity index (χ0v) is 6.54. The van der Waals surface area contributed by atoms with Crippen LogP contribution >= 0.6 is 0 Å². The Morgan fingerprint density at radius 1 is 1.75 bits per heavy atom. The van der Waals surface area contributed by atoms with Crippen molar-refractivity contribution in [3.8, 4) is 0 Å². The minimum Gasteiger partial charge on any atom is -0.481 e. The lowest BCUT2D eigenvalue weighted by atomic mass is 10.2. The lowest BCUT2D eigenvalue weighted by molar-refractivity contribution is -0.136. The third kappa shape index (κ3) is 1.78. The Morgan fingerprint density at radius 3 is 3.00 bits per heavy atom. The maximum Gasteiger partial charge on any atom is 0.309 e. The summed E-state index contributed by atoms with van der Waals surface area (Å²) in [7, 11) is 0. The summed E-state index contributed by atoms with van der Waals surface area (Å²) in [6, 6.07) is 1.50. The Bertz CT molecular complexity index is 312. The topological polar surface area (TPSA) is 50.2 Å². The van der Waals surface area contributed by atoms with Crippen molar-refractivity contribution >= 4 is 5.97 Å². The number of carboxylic acid groups (broad SMARTS) is 1. The lowest BCUT2D eigenvalue weighted by Crippen LogP contribution is -2.05. The number of nitrogens with zero attached hydrogens (tertiary/aromatic N) is 1.